The van der Waals surface area contributed by atoms with Crippen molar-refractivity contribution in [1.82, 2.24) is 15.1 Å². The third-order valence-electron chi connectivity index (χ3n) is 4.07. The number of nitrogens with zero attached hydrogens (tertiary/aromatic N) is 2. The molecule has 1 aromatic rings. The summed E-state index contributed by atoms with van der Waals surface area (Å²) in [5, 5.41) is 16.7. The Morgan fingerprint density at radius 1 is 1.53 bits per heavy atom. The van der Waals surface area contributed by atoms with E-state index in [4.69, 9.17) is 0 Å². The van der Waals surface area contributed by atoms with Crippen molar-refractivity contribution in [2.45, 2.75) is 51.1 Å². The summed E-state index contributed by atoms with van der Waals surface area (Å²) in [7, 11) is 0. The van der Waals surface area contributed by atoms with Crippen LogP contribution in [0.15, 0.2) is 18.5 Å². The Balaban J connectivity index is 1.82. The van der Waals surface area contributed by atoms with Crippen molar-refractivity contribution in [3.63, 3.8) is 0 Å². The summed E-state index contributed by atoms with van der Waals surface area (Å²) in [6, 6.07) is 1.84. The van der Waals surface area contributed by atoms with Crippen LogP contribution in [-0.2, 0) is 11.3 Å². The molecule has 1 aromatic heterocycles. The molecule has 0 spiro atoms. The van der Waals surface area contributed by atoms with Gasteiger partial charge in [-0.15, -0.1) is 0 Å². The van der Waals surface area contributed by atoms with E-state index in [2.05, 4.69) is 17.3 Å². The van der Waals surface area contributed by atoms with Gasteiger partial charge in [0.1, 0.15) is 0 Å². The Morgan fingerprint density at radius 2 is 2.26 bits per heavy atom. The van der Waals surface area contributed by atoms with E-state index in [0.717, 1.165) is 25.7 Å². The molecule has 5 heteroatoms. The Morgan fingerprint density at radius 3 is 2.84 bits per heavy atom. The van der Waals surface area contributed by atoms with Gasteiger partial charge in [0.05, 0.1) is 12.1 Å². The maximum atomic E-state index is 12.0. The van der Waals surface area contributed by atoms with E-state index in [1.807, 2.05) is 12.3 Å². The van der Waals surface area contributed by atoms with Crippen LogP contribution in [0.2, 0.25) is 0 Å². The molecule has 1 aliphatic rings. The number of hydrogen-bond donors (Lipinski definition) is 2. The highest BCUT2D eigenvalue weighted by molar-refractivity contribution is 5.76. The number of hydrogen-bond acceptors (Lipinski definition) is 3. The van der Waals surface area contributed by atoms with Gasteiger partial charge < -0.3 is 10.4 Å². The molecule has 106 valence electrons. The van der Waals surface area contributed by atoms with Crippen LogP contribution >= 0.6 is 0 Å². The van der Waals surface area contributed by atoms with E-state index in [0.29, 0.717) is 18.9 Å². The summed E-state index contributed by atoms with van der Waals surface area (Å²) in [5.74, 6) is 0.694. The van der Waals surface area contributed by atoms with Gasteiger partial charge in [0.15, 0.2) is 0 Å². The molecule has 2 rings (SSSR count). The molecule has 0 unspecified atom stereocenters. The van der Waals surface area contributed by atoms with Crippen molar-refractivity contribution in [1.29, 1.82) is 0 Å². The number of carbonyl (C=O) groups excluding carboxylic acids is 1. The minimum atomic E-state index is -0.395. The van der Waals surface area contributed by atoms with E-state index in [1.54, 1.807) is 10.9 Å². The van der Waals surface area contributed by atoms with E-state index in [-0.39, 0.29) is 12.5 Å². The zero-order valence-electron chi connectivity index (χ0n) is 11.5. The number of aliphatic hydroxyl groups is 1. The average Bonchev–Trinajstić information content (AvgIpc) is 2.93. The molecule has 1 fully saturated rings. The van der Waals surface area contributed by atoms with Gasteiger partial charge in [0.2, 0.25) is 5.91 Å². The smallest absolute Gasteiger partial charge is 0.222 e. The van der Waals surface area contributed by atoms with Gasteiger partial charge in [-0.3, -0.25) is 9.48 Å². The van der Waals surface area contributed by atoms with Crippen molar-refractivity contribution in [2.24, 2.45) is 5.92 Å². The summed E-state index contributed by atoms with van der Waals surface area (Å²) in [6.45, 7) is 2.84. The molecule has 1 amide bonds. The molecule has 1 saturated carbocycles. The van der Waals surface area contributed by atoms with Gasteiger partial charge in [0.25, 0.3) is 0 Å². The largest absolute Gasteiger partial charge is 0.394 e. The number of carbonyl (C=O) groups is 1. The lowest BCUT2D eigenvalue weighted by Crippen LogP contribution is -2.53. The van der Waals surface area contributed by atoms with Gasteiger partial charge in [-0.1, -0.05) is 6.92 Å². The van der Waals surface area contributed by atoms with Crippen LogP contribution in [0.3, 0.4) is 0 Å². The van der Waals surface area contributed by atoms with Crippen LogP contribution in [-0.4, -0.2) is 32.9 Å². The fourth-order valence-electron chi connectivity index (χ4n) is 2.64. The number of aromatic nitrogens is 2. The van der Waals surface area contributed by atoms with E-state index < -0.39 is 5.54 Å². The maximum absolute atomic E-state index is 12.0. The summed E-state index contributed by atoms with van der Waals surface area (Å²) in [4.78, 5) is 12.0. The molecule has 1 aliphatic carbocycles. The fourth-order valence-corrected chi connectivity index (χ4v) is 2.64. The van der Waals surface area contributed by atoms with Gasteiger partial charge in [0, 0.05) is 25.4 Å². The molecule has 0 atom stereocenters. The minimum Gasteiger partial charge on any atom is -0.394 e. The van der Waals surface area contributed by atoms with Gasteiger partial charge in [-0.05, 0) is 37.7 Å². The van der Waals surface area contributed by atoms with Crippen molar-refractivity contribution in [2.75, 3.05) is 6.61 Å². The van der Waals surface area contributed by atoms with Crippen molar-refractivity contribution in [3.8, 4) is 0 Å². The number of aryl methyl sites for hydroxylation is 1. The molecule has 19 heavy (non-hydrogen) atoms. The van der Waals surface area contributed by atoms with Crippen LogP contribution in [0.4, 0.5) is 0 Å². The van der Waals surface area contributed by atoms with Crippen LogP contribution in [0.5, 0.6) is 0 Å². The first-order chi connectivity index (χ1) is 9.13. The topological polar surface area (TPSA) is 67.2 Å². The Kier molecular flexibility index (Phi) is 4.58. The molecule has 0 radical (unpaired) electrons. The highest BCUT2D eigenvalue weighted by Gasteiger charge is 2.34. The van der Waals surface area contributed by atoms with Crippen LogP contribution in [0.1, 0.15) is 39.0 Å². The summed E-state index contributed by atoms with van der Waals surface area (Å²) in [5.41, 5.74) is -0.395. The Labute approximate surface area is 114 Å². The molecule has 0 saturated heterocycles. The minimum absolute atomic E-state index is 0.000830. The number of nitrogens with one attached hydrogen (secondary N) is 1. The Bertz CT molecular complexity index is 395. The molecule has 0 aromatic carbocycles. The van der Waals surface area contributed by atoms with Crippen LogP contribution in [0.25, 0.3) is 0 Å². The van der Waals surface area contributed by atoms with E-state index >= 15 is 0 Å². The summed E-state index contributed by atoms with van der Waals surface area (Å²) >= 11 is 0. The molecule has 2 N–H and O–H groups in total. The first-order valence-corrected chi connectivity index (χ1v) is 7.03. The third kappa shape index (κ3) is 3.80. The molecule has 0 bridgehead atoms. The third-order valence-corrected chi connectivity index (χ3v) is 4.07. The second-order valence-electron chi connectivity index (χ2n) is 5.69. The predicted molar refractivity (Wildman–Crippen MR) is 72.4 cm³/mol. The monoisotopic (exact) mass is 265 g/mol. The fraction of sp³-hybridized carbons (Fsp3) is 0.714. The van der Waals surface area contributed by atoms with Gasteiger partial charge in [-0.25, -0.2) is 0 Å². The number of rotatable bonds is 5. The first-order valence-electron chi connectivity index (χ1n) is 7.03. The summed E-state index contributed by atoms with van der Waals surface area (Å²) < 4.78 is 1.74. The van der Waals surface area contributed by atoms with Crippen molar-refractivity contribution < 1.29 is 9.90 Å². The first kappa shape index (κ1) is 14.1. The predicted octanol–water partition coefficient (Wildman–Crippen LogP) is 1.33. The highest BCUT2D eigenvalue weighted by atomic mass is 16.3. The second-order valence-corrected chi connectivity index (χ2v) is 5.69. The van der Waals surface area contributed by atoms with Gasteiger partial charge in [-0.2, -0.15) is 5.10 Å². The molecule has 1 heterocycles. The highest BCUT2D eigenvalue weighted by Crippen LogP contribution is 2.31. The lowest BCUT2D eigenvalue weighted by Gasteiger charge is -2.38. The van der Waals surface area contributed by atoms with E-state index in [9.17, 15) is 9.90 Å². The normalized spacial score (nSPS) is 27.2. The maximum Gasteiger partial charge on any atom is 0.222 e. The van der Waals surface area contributed by atoms with Crippen molar-refractivity contribution in [3.05, 3.63) is 18.5 Å². The molecule has 5 nitrogen and oxygen atoms in total. The lowest BCUT2D eigenvalue weighted by atomic mass is 9.77. The quantitative estimate of drug-likeness (QED) is 0.844. The zero-order valence-corrected chi connectivity index (χ0v) is 11.5. The number of amides is 1. The van der Waals surface area contributed by atoms with Crippen LogP contribution in [0, 0.1) is 5.92 Å². The van der Waals surface area contributed by atoms with Gasteiger partial charge >= 0.3 is 0 Å². The van der Waals surface area contributed by atoms with Crippen molar-refractivity contribution >= 4 is 5.91 Å². The standard InChI is InChI=1S/C14H23N3O2/c1-12-3-6-14(11-18,7-4-12)16-13(19)5-10-17-9-2-8-15-17/h2,8-9,12,18H,3-7,10-11H2,1H3,(H,16,19). The zero-order chi connectivity index (χ0) is 13.7. The summed E-state index contributed by atoms with van der Waals surface area (Å²) in [6.07, 6.45) is 7.84. The van der Waals surface area contributed by atoms with Crippen LogP contribution < -0.4 is 5.32 Å². The Hall–Kier alpha value is -1.36. The molecular formula is C14H23N3O2. The second kappa shape index (κ2) is 6.19. The lowest BCUT2D eigenvalue weighted by molar-refractivity contribution is -0.124. The molecule has 0 aliphatic heterocycles. The van der Waals surface area contributed by atoms with E-state index in [1.165, 1.54) is 0 Å². The molecular weight excluding hydrogens is 242 g/mol. The SMILES string of the molecule is CC1CCC(CO)(NC(=O)CCn2cccn2)CC1. The number of aliphatic hydroxyl groups excluding tert-OH is 1. The average molecular weight is 265 g/mol.